The molecule has 0 bridgehead atoms. The van der Waals surface area contributed by atoms with E-state index in [4.69, 9.17) is 10.5 Å². The number of carbonyl (C=O) groups is 1. The van der Waals surface area contributed by atoms with Crippen molar-refractivity contribution < 1.29 is 19.7 Å². The maximum absolute atomic E-state index is 13.6. The Balaban J connectivity index is 1.67. The maximum atomic E-state index is 13.6. The molecule has 1 fully saturated rings. The van der Waals surface area contributed by atoms with Gasteiger partial charge in [0.1, 0.15) is 16.3 Å². The molecule has 5 nitrogen and oxygen atoms in total. The highest BCUT2D eigenvalue weighted by Crippen LogP contribution is 2.48. The summed E-state index contributed by atoms with van der Waals surface area (Å²) < 4.78 is 6.41. The molecule has 6 heteroatoms. The molecular weight excluding hydrogens is 494 g/mol. The van der Waals surface area contributed by atoms with Crippen LogP contribution in [0.3, 0.4) is 0 Å². The van der Waals surface area contributed by atoms with E-state index in [1.54, 1.807) is 0 Å². The first kappa shape index (κ1) is 28.6. The van der Waals surface area contributed by atoms with Crippen LogP contribution in [0.25, 0.3) is 0 Å². The summed E-state index contributed by atoms with van der Waals surface area (Å²) in [6.45, 7) is 10.3. The van der Waals surface area contributed by atoms with Crippen LogP contribution in [0.2, 0.25) is 0 Å². The summed E-state index contributed by atoms with van der Waals surface area (Å²) in [5.74, 6) is -0.0593. The quantitative estimate of drug-likeness (QED) is 0.251. The Hall–Kier alpha value is -2.44. The van der Waals surface area contributed by atoms with Gasteiger partial charge in [-0.15, -0.1) is 0 Å². The second-order valence-corrected chi connectivity index (χ2v) is 13.3. The minimum Gasteiger partial charge on any atom is -0.511 e. The van der Waals surface area contributed by atoms with Crippen molar-refractivity contribution in [2.45, 2.75) is 109 Å². The lowest BCUT2D eigenvalue weighted by Gasteiger charge is -2.44. The van der Waals surface area contributed by atoms with Gasteiger partial charge in [-0.3, -0.25) is 0 Å². The number of anilines is 1. The number of hydrogen-bond acceptors (Lipinski definition) is 6. The van der Waals surface area contributed by atoms with E-state index in [9.17, 15) is 15.0 Å². The van der Waals surface area contributed by atoms with Gasteiger partial charge in [-0.25, -0.2) is 4.79 Å². The van der Waals surface area contributed by atoms with Crippen molar-refractivity contribution >= 4 is 23.4 Å². The molecule has 206 valence electrons. The summed E-state index contributed by atoms with van der Waals surface area (Å²) in [6.07, 6.45) is 7.27. The zero-order valence-corrected chi connectivity index (χ0v) is 24.3. The van der Waals surface area contributed by atoms with Gasteiger partial charge in [-0.05, 0) is 96.9 Å². The Morgan fingerprint density at radius 2 is 1.74 bits per heavy atom. The molecule has 1 heterocycles. The molecule has 2 aliphatic rings. The van der Waals surface area contributed by atoms with Gasteiger partial charge in [-0.1, -0.05) is 63.9 Å². The number of aryl methyl sites for hydroxylation is 3. The van der Waals surface area contributed by atoms with Crippen LogP contribution in [0.5, 0.6) is 0 Å². The standard InChI is InChI=1S/C32H43NO4S/c1-20-15-25(33)12-11-22(20)13-14-32(24-9-7-6-8-10-24)18-27(35)29(30(36)37-32)38-28-16-21(2)23(19-34)17-26(28)31(3,4)5/h11-12,15-17,24,34-35H,6-10,13-14,18-19,33H2,1-5H3. The Bertz CT molecular complexity index is 1220. The fourth-order valence-corrected chi connectivity index (χ4v) is 7.32. The van der Waals surface area contributed by atoms with E-state index in [1.807, 2.05) is 31.2 Å². The predicted molar refractivity (Wildman–Crippen MR) is 155 cm³/mol. The molecule has 0 spiro atoms. The van der Waals surface area contributed by atoms with Gasteiger partial charge in [0.25, 0.3) is 0 Å². The molecule has 4 rings (SSSR count). The van der Waals surface area contributed by atoms with Gasteiger partial charge in [0.15, 0.2) is 0 Å². The van der Waals surface area contributed by atoms with Crippen molar-refractivity contribution in [2.24, 2.45) is 5.92 Å². The lowest BCUT2D eigenvalue weighted by Crippen LogP contribution is -2.47. The number of nitrogens with two attached hydrogens (primary N) is 1. The maximum Gasteiger partial charge on any atom is 0.349 e. The van der Waals surface area contributed by atoms with Crippen molar-refractivity contribution in [3.8, 4) is 0 Å². The van der Waals surface area contributed by atoms with Gasteiger partial charge >= 0.3 is 5.97 Å². The highest BCUT2D eigenvalue weighted by Gasteiger charge is 2.48. The average molecular weight is 538 g/mol. The molecule has 0 saturated heterocycles. The van der Waals surface area contributed by atoms with E-state index in [0.29, 0.717) is 12.8 Å². The van der Waals surface area contributed by atoms with Crippen molar-refractivity contribution in [3.63, 3.8) is 0 Å². The van der Waals surface area contributed by atoms with Crippen LogP contribution in [-0.2, 0) is 28.0 Å². The molecule has 2 aromatic rings. The number of benzene rings is 2. The number of aliphatic hydroxyl groups is 2. The van der Waals surface area contributed by atoms with Gasteiger partial charge in [0.05, 0.1) is 6.61 Å². The molecule has 2 aromatic carbocycles. The first-order chi connectivity index (χ1) is 17.9. The molecule has 1 aliphatic heterocycles. The summed E-state index contributed by atoms with van der Waals surface area (Å²) in [6, 6.07) is 10.00. The molecule has 1 aliphatic carbocycles. The number of carbonyl (C=O) groups excluding carboxylic acids is 1. The summed E-state index contributed by atoms with van der Waals surface area (Å²) in [5.41, 5.74) is 11.0. The van der Waals surface area contributed by atoms with Crippen LogP contribution in [-0.4, -0.2) is 21.8 Å². The molecular formula is C32H43NO4S. The van der Waals surface area contributed by atoms with E-state index < -0.39 is 11.6 Å². The number of thioether (sulfide) groups is 1. The van der Waals surface area contributed by atoms with Gasteiger partial charge in [0, 0.05) is 17.0 Å². The van der Waals surface area contributed by atoms with Crippen LogP contribution in [0.1, 0.15) is 93.5 Å². The van der Waals surface area contributed by atoms with E-state index in [2.05, 4.69) is 33.8 Å². The van der Waals surface area contributed by atoms with E-state index in [1.165, 1.54) is 23.7 Å². The fourth-order valence-electron chi connectivity index (χ4n) is 6.07. The topological polar surface area (TPSA) is 92.8 Å². The smallest absolute Gasteiger partial charge is 0.349 e. The van der Waals surface area contributed by atoms with Crippen molar-refractivity contribution in [3.05, 3.63) is 68.8 Å². The molecule has 1 atom stereocenters. The predicted octanol–water partition coefficient (Wildman–Crippen LogP) is 7.44. The van der Waals surface area contributed by atoms with Crippen LogP contribution in [0.15, 0.2) is 45.9 Å². The zero-order chi connectivity index (χ0) is 27.7. The lowest BCUT2D eigenvalue weighted by molar-refractivity contribution is -0.168. The fraction of sp³-hybridized carbons (Fsp3) is 0.531. The highest BCUT2D eigenvalue weighted by molar-refractivity contribution is 8.04. The van der Waals surface area contributed by atoms with Crippen LogP contribution < -0.4 is 5.73 Å². The summed E-state index contributed by atoms with van der Waals surface area (Å²) >= 11 is 1.29. The Kier molecular flexibility index (Phi) is 8.53. The second kappa shape index (κ2) is 11.4. The molecule has 0 aromatic heterocycles. The largest absolute Gasteiger partial charge is 0.511 e. The number of ether oxygens (including phenoxy) is 1. The molecule has 1 saturated carbocycles. The lowest BCUT2D eigenvalue weighted by atomic mass is 9.71. The Morgan fingerprint density at radius 3 is 2.34 bits per heavy atom. The minimum absolute atomic E-state index is 0.0345. The number of esters is 1. The van der Waals surface area contributed by atoms with E-state index in [-0.39, 0.29) is 28.6 Å². The molecule has 0 radical (unpaired) electrons. The number of cyclic esters (lactones) is 1. The van der Waals surface area contributed by atoms with Crippen LogP contribution in [0.4, 0.5) is 5.69 Å². The molecule has 38 heavy (non-hydrogen) atoms. The summed E-state index contributed by atoms with van der Waals surface area (Å²) in [5, 5.41) is 21.2. The van der Waals surface area contributed by atoms with Crippen molar-refractivity contribution in [1.29, 1.82) is 0 Å². The summed E-state index contributed by atoms with van der Waals surface area (Å²) in [7, 11) is 0. The van der Waals surface area contributed by atoms with Crippen LogP contribution in [0, 0.1) is 19.8 Å². The monoisotopic (exact) mass is 537 g/mol. The van der Waals surface area contributed by atoms with E-state index >= 15 is 0 Å². The normalized spacial score (nSPS) is 21.1. The first-order valence-corrected chi connectivity index (χ1v) is 14.7. The second-order valence-electron chi connectivity index (χ2n) is 12.2. The molecule has 4 N–H and O–H groups in total. The van der Waals surface area contributed by atoms with Crippen LogP contribution >= 0.6 is 11.8 Å². The average Bonchev–Trinajstić information content (AvgIpc) is 2.85. The Morgan fingerprint density at radius 1 is 1.05 bits per heavy atom. The van der Waals surface area contributed by atoms with Gasteiger partial charge < -0.3 is 20.7 Å². The highest BCUT2D eigenvalue weighted by atomic mass is 32.2. The number of nitrogen functional groups attached to an aromatic ring is 1. The first-order valence-electron chi connectivity index (χ1n) is 13.9. The third-order valence-electron chi connectivity index (χ3n) is 8.37. The van der Waals surface area contributed by atoms with E-state index in [0.717, 1.165) is 64.9 Å². The van der Waals surface area contributed by atoms with Gasteiger partial charge in [-0.2, -0.15) is 0 Å². The minimum atomic E-state index is -0.705. The SMILES string of the molecule is Cc1cc(SC2=C(O)CC(CCc3ccc(N)cc3C)(C3CCCCC3)OC2=O)c(C(C)(C)C)cc1CO. The van der Waals surface area contributed by atoms with Gasteiger partial charge in [0.2, 0.25) is 0 Å². The number of rotatable bonds is 7. The third-order valence-corrected chi connectivity index (χ3v) is 9.54. The third kappa shape index (κ3) is 6.07. The number of aliphatic hydroxyl groups excluding tert-OH is 2. The molecule has 0 amide bonds. The van der Waals surface area contributed by atoms with Crippen molar-refractivity contribution in [2.75, 3.05) is 5.73 Å². The Labute approximate surface area is 231 Å². The molecule has 1 unspecified atom stereocenters. The zero-order valence-electron chi connectivity index (χ0n) is 23.5. The summed E-state index contributed by atoms with van der Waals surface area (Å²) in [4.78, 5) is 14.8. The number of hydrogen-bond donors (Lipinski definition) is 3. The van der Waals surface area contributed by atoms with Crippen molar-refractivity contribution in [1.82, 2.24) is 0 Å².